The minimum Gasteiger partial charge on any atom is -0.335 e. The predicted molar refractivity (Wildman–Crippen MR) is 111 cm³/mol. The molecule has 0 aliphatic carbocycles. The van der Waals surface area contributed by atoms with Crippen LogP contribution in [-0.4, -0.2) is 20.7 Å². The Morgan fingerprint density at radius 1 is 1.07 bits per heavy atom. The molecule has 0 unspecified atom stereocenters. The van der Waals surface area contributed by atoms with Crippen molar-refractivity contribution in [3.05, 3.63) is 63.7 Å². The van der Waals surface area contributed by atoms with Crippen molar-refractivity contribution in [2.75, 3.05) is 5.84 Å². The first kappa shape index (κ1) is 19.2. The SMILES string of the molecule is CC(=O)c1c(C)cc(C)c(CSc2nnc(-c3ccc(C)cc3)n2N)c1C. The van der Waals surface area contributed by atoms with Gasteiger partial charge < -0.3 is 5.84 Å². The van der Waals surface area contributed by atoms with Crippen LogP contribution in [0.15, 0.2) is 35.5 Å². The first-order chi connectivity index (χ1) is 12.8. The van der Waals surface area contributed by atoms with Gasteiger partial charge in [-0.2, -0.15) is 0 Å². The summed E-state index contributed by atoms with van der Waals surface area (Å²) in [5, 5.41) is 9.14. The third-order valence-electron chi connectivity index (χ3n) is 4.80. The fraction of sp³-hybridized carbons (Fsp3) is 0.286. The molecule has 0 amide bonds. The molecule has 140 valence electrons. The number of nitrogens with two attached hydrogens (primary N) is 1. The number of carbonyl (C=O) groups excluding carboxylic acids is 1. The molecule has 0 saturated heterocycles. The zero-order chi connectivity index (χ0) is 19.7. The monoisotopic (exact) mass is 380 g/mol. The Morgan fingerprint density at radius 3 is 2.37 bits per heavy atom. The molecule has 3 rings (SSSR count). The van der Waals surface area contributed by atoms with Gasteiger partial charge in [0.2, 0.25) is 5.16 Å². The largest absolute Gasteiger partial charge is 0.335 e. The summed E-state index contributed by atoms with van der Waals surface area (Å²) >= 11 is 1.53. The van der Waals surface area contributed by atoms with E-state index in [1.807, 2.05) is 45.0 Å². The van der Waals surface area contributed by atoms with E-state index < -0.39 is 0 Å². The quantitative estimate of drug-likeness (QED) is 0.404. The van der Waals surface area contributed by atoms with Crippen LogP contribution in [0, 0.1) is 27.7 Å². The third kappa shape index (κ3) is 3.76. The highest BCUT2D eigenvalue weighted by molar-refractivity contribution is 7.98. The first-order valence-corrected chi connectivity index (χ1v) is 9.79. The van der Waals surface area contributed by atoms with Gasteiger partial charge in [-0.05, 0) is 56.9 Å². The van der Waals surface area contributed by atoms with E-state index in [1.54, 1.807) is 6.92 Å². The van der Waals surface area contributed by atoms with Crippen molar-refractivity contribution >= 4 is 17.5 Å². The van der Waals surface area contributed by atoms with E-state index in [0.717, 1.165) is 27.8 Å². The van der Waals surface area contributed by atoms with Gasteiger partial charge in [-0.15, -0.1) is 10.2 Å². The summed E-state index contributed by atoms with van der Waals surface area (Å²) < 4.78 is 1.53. The van der Waals surface area contributed by atoms with Crippen LogP contribution in [0.25, 0.3) is 11.4 Å². The Bertz CT molecular complexity index is 1010. The van der Waals surface area contributed by atoms with E-state index in [0.29, 0.717) is 16.7 Å². The van der Waals surface area contributed by atoms with Crippen LogP contribution in [0.5, 0.6) is 0 Å². The minimum absolute atomic E-state index is 0.0971. The zero-order valence-electron chi connectivity index (χ0n) is 16.3. The number of carbonyl (C=O) groups is 1. The second-order valence-corrected chi connectivity index (χ2v) is 7.82. The van der Waals surface area contributed by atoms with Crippen LogP contribution in [0.4, 0.5) is 0 Å². The Labute approximate surface area is 164 Å². The molecule has 0 bridgehead atoms. The van der Waals surface area contributed by atoms with Crippen LogP contribution in [0.2, 0.25) is 0 Å². The fourth-order valence-electron chi connectivity index (χ4n) is 3.40. The molecular formula is C21H24N4OS. The summed E-state index contributed by atoms with van der Waals surface area (Å²) in [5.41, 5.74) is 7.31. The summed E-state index contributed by atoms with van der Waals surface area (Å²) in [6, 6.07) is 10.1. The van der Waals surface area contributed by atoms with Gasteiger partial charge in [0, 0.05) is 16.9 Å². The molecule has 0 fully saturated rings. The van der Waals surface area contributed by atoms with E-state index in [4.69, 9.17) is 5.84 Å². The molecule has 5 nitrogen and oxygen atoms in total. The second-order valence-electron chi connectivity index (χ2n) is 6.88. The molecule has 6 heteroatoms. The van der Waals surface area contributed by atoms with E-state index in [1.165, 1.54) is 27.6 Å². The lowest BCUT2D eigenvalue weighted by atomic mass is 9.92. The lowest BCUT2D eigenvalue weighted by Crippen LogP contribution is -2.12. The highest BCUT2D eigenvalue weighted by atomic mass is 32.2. The average Bonchev–Trinajstić information content (AvgIpc) is 2.95. The number of rotatable bonds is 5. The molecule has 27 heavy (non-hydrogen) atoms. The van der Waals surface area contributed by atoms with Crippen molar-refractivity contribution in [2.45, 2.75) is 45.5 Å². The topological polar surface area (TPSA) is 73.8 Å². The number of hydrogen-bond donors (Lipinski definition) is 1. The van der Waals surface area contributed by atoms with Gasteiger partial charge in [0.15, 0.2) is 11.6 Å². The number of nitrogen functional groups attached to an aromatic ring is 1. The molecule has 0 spiro atoms. The maximum absolute atomic E-state index is 12.0. The lowest BCUT2D eigenvalue weighted by Gasteiger charge is -2.15. The van der Waals surface area contributed by atoms with E-state index in [2.05, 4.69) is 23.2 Å². The first-order valence-electron chi connectivity index (χ1n) is 8.80. The number of aromatic nitrogens is 3. The van der Waals surface area contributed by atoms with Gasteiger partial charge >= 0.3 is 0 Å². The third-order valence-corrected chi connectivity index (χ3v) is 5.77. The van der Waals surface area contributed by atoms with Crippen molar-refractivity contribution in [1.82, 2.24) is 14.9 Å². The van der Waals surface area contributed by atoms with Gasteiger partial charge in [-0.3, -0.25) is 4.79 Å². The number of ketones is 1. The average molecular weight is 381 g/mol. The number of hydrogen-bond acceptors (Lipinski definition) is 5. The Morgan fingerprint density at radius 2 is 1.74 bits per heavy atom. The maximum atomic E-state index is 12.0. The van der Waals surface area contributed by atoms with E-state index in [-0.39, 0.29) is 5.78 Å². The summed E-state index contributed by atoms with van der Waals surface area (Å²) in [6.45, 7) is 9.73. The number of nitrogens with zero attached hydrogens (tertiary/aromatic N) is 3. The molecular weight excluding hydrogens is 356 g/mol. The predicted octanol–water partition coefficient (Wildman–Crippen LogP) is 4.39. The molecule has 0 aliphatic rings. The van der Waals surface area contributed by atoms with Gasteiger partial charge in [-0.1, -0.05) is 47.7 Å². The molecule has 3 aromatic rings. The van der Waals surface area contributed by atoms with Gasteiger partial charge in [0.25, 0.3) is 0 Å². The second kappa shape index (κ2) is 7.56. The van der Waals surface area contributed by atoms with Crippen LogP contribution >= 0.6 is 11.8 Å². The van der Waals surface area contributed by atoms with Crippen molar-refractivity contribution < 1.29 is 4.79 Å². The Balaban J connectivity index is 1.87. The number of thioether (sulfide) groups is 1. The van der Waals surface area contributed by atoms with Gasteiger partial charge in [0.05, 0.1) is 0 Å². The molecule has 0 atom stereocenters. The van der Waals surface area contributed by atoms with Crippen molar-refractivity contribution in [3.8, 4) is 11.4 Å². The fourth-order valence-corrected chi connectivity index (χ4v) is 4.44. The summed E-state index contributed by atoms with van der Waals surface area (Å²) in [6.07, 6.45) is 0. The summed E-state index contributed by atoms with van der Waals surface area (Å²) in [5.74, 6) is 7.65. The van der Waals surface area contributed by atoms with Crippen molar-refractivity contribution in [1.29, 1.82) is 0 Å². The van der Waals surface area contributed by atoms with Gasteiger partial charge in [0.1, 0.15) is 0 Å². The number of aryl methyl sites for hydroxylation is 3. The number of benzene rings is 2. The van der Waals surface area contributed by atoms with Crippen LogP contribution in [-0.2, 0) is 5.75 Å². The Kier molecular flexibility index (Phi) is 5.37. The smallest absolute Gasteiger partial charge is 0.210 e. The highest BCUT2D eigenvalue weighted by Crippen LogP contribution is 2.30. The molecule has 2 N–H and O–H groups in total. The zero-order valence-corrected chi connectivity index (χ0v) is 17.1. The minimum atomic E-state index is 0.0971. The number of Topliss-reactive ketones (excluding diaryl/α,β-unsaturated/α-hetero) is 1. The van der Waals surface area contributed by atoms with E-state index in [9.17, 15) is 4.79 Å². The molecule has 1 heterocycles. The molecule has 0 aliphatic heterocycles. The molecule has 0 radical (unpaired) electrons. The van der Waals surface area contributed by atoms with Crippen LogP contribution in [0.3, 0.4) is 0 Å². The van der Waals surface area contributed by atoms with Crippen LogP contribution in [0.1, 0.15) is 45.1 Å². The standard InChI is InChI=1S/C21H24N4OS/c1-12-6-8-17(9-7-12)20-23-24-21(25(20)22)27-11-18-13(2)10-14(3)19(15(18)4)16(5)26/h6-10H,11,22H2,1-5H3. The molecule has 1 aromatic heterocycles. The van der Waals surface area contributed by atoms with Crippen molar-refractivity contribution in [2.24, 2.45) is 0 Å². The van der Waals surface area contributed by atoms with Crippen LogP contribution < -0.4 is 5.84 Å². The summed E-state index contributed by atoms with van der Waals surface area (Å²) in [4.78, 5) is 12.0. The highest BCUT2D eigenvalue weighted by Gasteiger charge is 2.17. The lowest BCUT2D eigenvalue weighted by molar-refractivity contribution is 0.101. The Hall–Kier alpha value is -2.60. The normalized spacial score (nSPS) is 11.0. The maximum Gasteiger partial charge on any atom is 0.210 e. The van der Waals surface area contributed by atoms with Gasteiger partial charge in [-0.25, -0.2) is 4.68 Å². The van der Waals surface area contributed by atoms with Crippen molar-refractivity contribution in [3.63, 3.8) is 0 Å². The summed E-state index contributed by atoms with van der Waals surface area (Å²) in [7, 11) is 0. The molecule has 2 aromatic carbocycles. The van der Waals surface area contributed by atoms with E-state index >= 15 is 0 Å². The molecule has 0 saturated carbocycles.